The van der Waals surface area contributed by atoms with Gasteiger partial charge >= 0.3 is 0 Å². The third-order valence-corrected chi connectivity index (χ3v) is 3.97. The zero-order chi connectivity index (χ0) is 13.2. The lowest BCUT2D eigenvalue weighted by Crippen LogP contribution is -2.61. The van der Waals surface area contributed by atoms with Crippen LogP contribution in [-0.2, 0) is 4.74 Å². The van der Waals surface area contributed by atoms with E-state index in [9.17, 15) is 5.11 Å². The minimum atomic E-state index is -0.582. The van der Waals surface area contributed by atoms with Gasteiger partial charge in [-0.2, -0.15) is 0 Å². The van der Waals surface area contributed by atoms with Gasteiger partial charge in [-0.15, -0.1) is 0 Å². The molecule has 0 bridgehead atoms. The Kier molecular flexibility index (Phi) is 4.10. The number of hydrogen-bond donors (Lipinski definition) is 2. The summed E-state index contributed by atoms with van der Waals surface area (Å²) >= 11 is 0. The molecule has 0 radical (unpaired) electrons. The van der Waals surface area contributed by atoms with E-state index < -0.39 is 6.10 Å². The molecule has 4 nitrogen and oxygen atoms in total. The number of aliphatic hydroxyl groups is 1. The van der Waals surface area contributed by atoms with E-state index in [1.54, 1.807) is 18.4 Å². The van der Waals surface area contributed by atoms with Gasteiger partial charge in [-0.25, -0.2) is 0 Å². The predicted molar refractivity (Wildman–Crippen MR) is 69.3 cm³/mol. The first kappa shape index (κ1) is 13.6. The summed E-state index contributed by atoms with van der Waals surface area (Å²) in [4.78, 5) is 0. The molecule has 1 saturated carbocycles. The lowest BCUT2D eigenvalue weighted by atomic mass is 9.64. The molecular weight excluding hydrogens is 230 g/mol. The molecule has 4 heteroatoms. The Balaban J connectivity index is 1.78. The van der Waals surface area contributed by atoms with E-state index >= 15 is 0 Å². The molecule has 3 atom stereocenters. The zero-order valence-corrected chi connectivity index (χ0v) is 11.3. The van der Waals surface area contributed by atoms with E-state index in [4.69, 9.17) is 9.15 Å². The van der Waals surface area contributed by atoms with Crippen molar-refractivity contribution in [1.82, 2.24) is 5.32 Å². The standard InChI is InChI=1S/C14H23NO3/c1-4-17-13-8-12(14(13,2)3)15-9-10(16)11-6-5-7-18-11/h5-7,10,12-13,15-16H,4,8-9H2,1-3H3. The van der Waals surface area contributed by atoms with Crippen LogP contribution in [-0.4, -0.2) is 30.4 Å². The highest BCUT2D eigenvalue weighted by Gasteiger charge is 2.48. The molecule has 1 aromatic rings. The number of rotatable bonds is 6. The Bertz CT molecular complexity index is 361. The predicted octanol–water partition coefficient (Wildman–Crippen LogP) is 2.11. The molecule has 3 unspecified atom stereocenters. The molecule has 0 aromatic carbocycles. The monoisotopic (exact) mass is 253 g/mol. The molecule has 1 aliphatic carbocycles. The van der Waals surface area contributed by atoms with Gasteiger partial charge in [-0.05, 0) is 25.5 Å². The maximum Gasteiger partial charge on any atom is 0.133 e. The first-order chi connectivity index (χ1) is 8.55. The fraction of sp³-hybridized carbons (Fsp3) is 0.714. The maximum absolute atomic E-state index is 9.93. The van der Waals surface area contributed by atoms with Crippen LogP contribution in [0.4, 0.5) is 0 Å². The first-order valence-corrected chi connectivity index (χ1v) is 6.62. The Morgan fingerprint density at radius 3 is 2.94 bits per heavy atom. The van der Waals surface area contributed by atoms with Crippen molar-refractivity contribution in [3.05, 3.63) is 24.2 Å². The van der Waals surface area contributed by atoms with Crippen LogP contribution < -0.4 is 5.32 Å². The number of ether oxygens (including phenoxy) is 1. The number of furan rings is 1. The smallest absolute Gasteiger partial charge is 0.133 e. The lowest BCUT2D eigenvalue weighted by molar-refractivity contribution is -0.115. The fourth-order valence-corrected chi connectivity index (χ4v) is 2.55. The van der Waals surface area contributed by atoms with Crippen molar-refractivity contribution in [3.8, 4) is 0 Å². The molecule has 1 fully saturated rings. The summed E-state index contributed by atoms with van der Waals surface area (Å²) in [5.74, 6) is 0.612. The van der Waals surface area contributed by atoms with E-state index in [-0.39, 0.29) is 5.41 Å². The third-order valence-electron chi connectivity index (χ3n) is 3.97. The van der Waals surface area contributed by atoms with Crippen molar-refractivity contribution in [1.29, 1.82) is 0 Å². The molecule has 0 amide bonds. The molecule has 0 aliphatic heterocycles. The largest absolute Gasteiger partial charge is 0.467 e. The summed E-state index contributed by atoms with van der Waals surface area (Å²) < 4.78 is 10.9. The summed E-state index contributed by atoms with van der Waals surface area (Å²) in [6, 6.07) is 3.97. The van der Waals surface area contributed by atoms with Crippen LogP contribution in [0.5, 0.6) is 0 Å². The lowest BCUT2D eigenvalue weighted by Gasteiger charge is -2.52. The summed E-state index contributed by atoms with van der Waals surface area (Å²) in [5, 5.41) is 13.3. The van der Waals surface area contributed by atoms with Gasteiger partial charge in [-0.1, -0.05) is 13.8 Å². The van der Waals surface area contributed by atoms with Crippen molar-refractivity contribution < 1.29 is 14.3 Å². The summed E-state index contributed by atoms with van der Waals surface area (Å²) in [5.41, 5.74) is 0.124. The summed E-state index contributed by atoms with van der Waals surface area (Å²) in [6.07, 6.45) is 2.32. The van der Waals surface area contributed by atoms with Gasteiger partial charge in [-0.3, -0.25) is 0 Å². The van der Waals surface area contributed by atoms with E-state index in [0.717, 1.165) is 13.0 Å². The van der Waals surface area contributed by atoms with Gasteiger partial charge in [0, 0.05) is 24.6 Å². The van der Waals surface area contributed by atoms with Gasteiger partial charge < -0.3 is 19.6 Å². The maximum atomic E-state index is 9.93. The quantitative estimate of drug-likeness (QED) is 0.815. The van der Waals surface area contributed by atoms with Crippen LogP contribution in [0, 0.1) is 5.41 Å². The van der Waals surface area contributed by atoms with Crippen LogP contribution >= 0.6 is 0 Å². The SMILES string of the molecule is CCOC1CC(NCC(O)c2ccco2)C1(C)C. The average molecular weight is 253 g/mol. The molecular formula is C14H23NO3. The topological polar surface area (TPSA) is 54.6 Å². The number of aliphatic hydroxyl groups excluding tert-OH is 1. The van der Waals surface area contributed by atoms with Crippen molar-refractivity contribution >= 4 is 0 Å². The van der Waals surface area contributed by atoms with E-state index in [0.29, 0.717) is 24.5 Å². The average Bonchev–Trinajstić information content (AvgIpc) is 2.86. The van der Waals surface area contributed by atoms with Crippen LogP contribution in [0.3, 0.4) is 0 Å². The Morgan fingerprint density at radius 2 is 2.39 bits per heavy atom. The second kappa shape index (κ2) is 5.43. The molecule has 0 spiro atoms. The van der Waals surface area contributed by atoms with Gasteiger partial charge in [0.1, 0.15) is 11.9 Å². The molecule has 18 heavy (non-hydrogen) atoms. The Labute approximate surface area is 108 Å². The highest BCUT2D eigenvalue weighted by atomic mass is 16.5. The van der Waals surface area contributed by atoms with Gasteiger partial charge in [0.25, 0.3) is 0 Å². The Hall–Kier alpha value is -0.840. The van der Waals surface area contributed by atoms with Crippen molar-refractivity contribution in [2.24, 2.45) is 5.41 Å². The first-order valence-electron chi connectivity index (χ1n) is 6.62. The number of hydrogen-bond acceptors (Lipinski definition) is 4. The second-order valence-corrected chi connectivity index (χ2v) is 5.49. The van der Waals surface area contributed by atoms with Gasteiger partial charge in [0.2, 0.25) is 0 Å². The summed E-state index contributed by atoms with van der Waals surface area (Å²) in [7, 11) is 0. The molecule has 2 rings (SSSR count). The third kappa shape index (κ3) is 2.60. The fourth-order valence-electron chi connectivity index (χ4n) is 2.55. The molecule has 1 aliphatic rings. The summed E-state index contributed by atoms with van der Waals surface area (Å²) in [6.45, 7) is 7.70. The van der Waals surface area contributed by atoms with E-state index in [1.807, 2.05) is 6.92 Å². The molecule has 1 aromatic heterocycles. The van der Waals surface area contributed by atoms with Crippen molar-refractivity contribution in [2.45, 2.75) is 45.4 Å². The van der Waals surface area contributed by atoms with Crippen LogP contribution in [0.15, 0.2) is 22.8 Å². The van der Waals surface area contributed by atoms with E-state index in [2.05, 4.69) is 19.2 Å². The molecule has 0 saturated heterocycles. The minimum absolute atomic E-state index is 0.124. The Morgan fingerprint density at radius 1 is 1.61 bits per heavy atom. The second-order valence-electron chi connectivity index (χ2n) is 5.49. The van der Waals surface area contributed by atoms with Crippen LogP contribution in [0.2, 0.25) is 0 Å². The minimum Gasteiger partial charge on any atom is -0.467 e. The van der Waals surface area contributed by atoms with Crippen LogP contribution in [0.1, 0.15) is 39.1 Å². The van der Waals surface area contributed by atoms with E-state index in [1.165, 1.54) is 0 Å². The van der Waals surface area contributed by atoms with Crippen molar-refractivity contribution in [3.63, 3.8) is 0 Å². The zero-order valence-electron chi connectivity index (χ0n) is 11.3. The van der Waals surface area contributed by atoms with Gasteiger partial charge in [0.15, 0.2) is 0 Å². The molecule has 102 valence electrons. The van der Waals surface area contributed by atoms with Crippen LogP contribution in [0.25, 0.3) is 0 Å². The normalized spacial score (nSPS) is 27.8. The highest BCUT2D eigenvalue weighted by Crippen LogP contribution is 2.42. The molecule has 1 heterocycles. The number of nitrogens with one attached hydrogen (secondary N) is 1. The van der Waals surface area contributed by atoms with Crippen molar-refractivity contribution in [2.75, 3.05) is 13.2 Å². The highest BCUT2D eigenvalue weighted by molar-refractivity contribution is 5.05. The van der Waals surface area contributed by atoms with Gasteiger partial charge in [0.05, 0.1) is 12.4 Å². The molecule has 2 N–H and O–H groups in total.